The van der Waals surface area contributed by atoms with Crippen LogP contribution < -0.4 is 9.64 Å². The number of imide groups is 1. The molecule has 1 saturated heterocycles. The first kappa shape index (κ1) is 21.0. The van der Waals surface area contributed by atoms with Gasteiger partial charge in [-0.25, -0.2) is 0 Å². The Bertz CT molecular complexity index is 780. The van der Waals surface area contributed by atoms with Crippen LogP contribution in [0.4, 0.5) is 5.69 Å². The second kappa shape index (κ2) is 8.50. The molecule has 0 unspecified atom stereocenters. The predicted octanol–water partition coefficient (Wildman–Crippen LogP) is 4.84. The number of nitrogens with zero attached hydrogens (tertiary/aromatic N) is 1. The first-order chi connectivity index (χ1) is 13.9. The molecule has 5 nitrogen and oxygen atoms in total. The second-order valence-corrected chi connectivity index (χ2v) is 10.4. The molecule has 0 radical (unpaired) electrons. The van der Waals surface area contributed by atoms with E-state index >= 15 is 0 Å². The number of fused-ring (bicyclic) bond motifs is 5. The normalized spacial score (nSPS) is 32.7. The van der Waals surface area contributed by atoms with E-state index in [1.54, 1.807) is 24.3 Å². The zero-order chi connectivity index (χ0) is 20.7. The van der Waals surface area contributed by atoms with Crippen LogP contribution in [0.1, 0.15) is 45.4 Å². The van der Waals surface area contributed by atoms with E-state index in [9.17, 15) is 14.4 Å². The first-order valence-corrected chi connectivity index (χ1v) is 12.2. The predicted molar refractivity (Wildman–Crippen MR) is 117 cm³/mol. The van der Waals surface area contributed by atoms with E-state index in [-0.39, 0.29) is 51.1 Å². The van der Waals surface area contributed by atoms with Crippen LogP contribution in [0.2, 0.25) is 0 Å². The number of hydrogen-bond donors (Lipinski definition) is 0. The minimum absolute atomic E-state index is 0.1000. The molecule has 1 aromatic rings. The number of ether oxygens (including phenoxy) is 1. The van der Waals surface area contributed by atoms with Gasteiger partial charge in [-0.1, -0.05) is 58.0 Å². The van der Waals surface area contributed by atoms with Crippen molar-refractivity contribution in [1.29, 1.82) is 0 Å². The SMILES string of the molecule is CCCCCCC(=O)Oc1ccc(N2C(=O)[C@@H]3[C@H]4C[C@@H]([C@H](Br)[C@@H]4Br)[C@@H]3C2=O)cc1. The van der Waals surface area contributed by atoms with E-state index in [1.165, 1.54) is 4.90 Å². The summed E-state index contributed by atoms with van der Waals surface area (Å²) in [5, 5.41) is 0. The Morgan fingerprint density at radius 2 is 1.59 bits per heavy atom. The van der Waals surface area contributed by atoms with Gasteiger partial charge in [-0.15, -0.1) is 0 Å². The zero-order valence-corrected chi connectivity index (χ0v) is 19.5. The van der Waals surface area contributed by atoms with Crippen LogP contribution in [0.3, 0.4) is 0 Å². The Labute approximate surface area is 187 Å². The maximum atomic E-state index is 13.1. The molecule has 2 aliphatic carbocycles. The lowest BCUT2D eigenvalue weighted by molar-refractivity contribution is -0.134. The van der Waals surface area contributed by atoms with Gasteiger partial charge in [0.1, 0.15) is 5.75 Å². The van der Waals surface area contributed by atoms with Crippen molar-refractivity contribution < 1.29 is 19.1 Å². The van der Waals surface area contributed by atoms with Crippen LogP contribution in [-0.2, 0) is 14.4 Å². The van der Waals surface area contributed by atoms with E-state index in [0.29, 0.717) is 17.9 Å². The number of benzene rings is 1. The van der Waals surface area contributed by atoms with Crippen molar-refractivity contribution in [3.63, 3.8) is 0 Å². The van der Waals surface area contributed by atoms with Crippen molar-refractivity contribution in [1.82, 2.24) is 0 Å². The molecule has 3 aliphatic rings. The van der Waals surface area contributed by atoms with Crippen LogP contribution in [0.5, 0.6) is 5.75 Å². The summed E-state index contributed by atoms with van der Waals surface area (Å²) >= 11 is 7.40. The fourth-order valence-electron chi connectivity index (χ4n) is 5.15. The molecule has 3 fully saturated rings. The van der Waals surface area contributed by atoms with Gasteiger partial charge in [0.25, 0.3) is 0 Å². The number of unbranched alkanes of at least 4 members (excludes halogenated alkanes) is 3. The summed E-state index contributed by atoms with van der Waals surface area (Å²) in [5.74, 6) is -0.0752. The quantitative estimate of drug-likeness (QED) is 0.167. The second-order valence-electron chi connectivity index (χ2n) is 8.29. The molecule has 2 amide bonds. The minimum Gasteiger partial charge on any atom is -0.427 e. The monoisotopic (exact) mass is 525 g/mol. The fraction of sp³-hybridized carbons (Fsp3) is 0.591. The summed E-state index contributed by atoms with van der Waals surface area (Å²) < 4.78 is 5.37. The summed E-state index contributed by atoms with van der Waals surface area (Å²) in [4.78, 5) is 39.8. The molecule has 29 heavy (non-hydrogen) atoms. The third kappa shape index (κ3) is 3.69. The van der Waals surface area contributed by atoms with Gasteiger partial charge in [-0.3, -0.25) is 19.3 Å². The van der Waals surface area contributed by atoms with Crippen LogP contribution in [0, 0.1) is 23.7 Å². The van der Waals surface area contributed by atoms with Gasteiger partial charge >= 0.3 is 5.97 Å². The lowest BCUT2D eigenvalue weighted by atomic mass is 9.81. The molecule has 6 atom stereocenters. The van der Waals surface area contributed by atoms with Crippen molar-refractivity contribution >= 4 is 55.3 Å². The third-order valence-electron chi connectivity index (χ3n) is 6.55. The number of anilines is 1. The minimum atomic E-state index is -0.250. The largest absolute Gasteiger partial charge is 0.427 e. The Morgan fingerprint density at radius 3 is 2.14 bits per heavy atom. The van der Waals surface area contributed by atoms with Gasteiger partial charge in [-0.2, -0.15) is 0 Å². The van der Waals surface area contributed by atoms with E-state index in [2.05, 4.69) is 38.8 Å². The standard InChI is InChI=1S/C22H25Br2NO4/c1-2-3-4-5-6-16(26)29-13-9-7-12(8-10-13)25-21(27)17-14-11-15(18(17)22(25)28)20(24)19(14)23/h7-10,14-15,17-20H,2-6,11H2,1H3/t14-,15-,17-,18+,19-,20+/m1/s1. The molecule has 1 aliphatic heterocycles. The lowest BCUT2D eigenvalue weighted by Gasteiger charge is -2.28. The molecule has 0 aromatic heterocycles. The number of alkyl halides is 2. The summed E-state index contributed by atoms with van der Waals surface area (Å²) in [7, 11) is 0. The zero-order valence-electron chi connectivity index (χ0n) is 16.4. The number of rotatable bonds is 7. The summed E-state index contributed by atoms with van der Waals surface area (Å²) in [6.07, 6.45) is 5.42. The number of hydrogen-bond acceptors (Lipinski definition) is 4. The van der Waals surface area contributed by atoms with Crippen molar-refractivity contribution in [2.45, 2.75) is 55.1 Å². The van der Waals surface area contributed by atoms with E-state index in [0.717, 1.165) is 32.1 Å². The first-order valence-electron chi connectivity index (χ1n) is 10.4. The van der Waals surface area contributed by atoms with E-state index in [4.69, 9.17) is 4.74 Å². The highest BCUT2D eigenvalue weighted by Gasteiger charge is 2.66. The van der Waals surface area contributed by atoms with Crippen molar-refractivity contribution in [2.75, 3.05) is 4.90 Å². The smallest absolute Gasteiger partial charge is 0.311 e. The molecule has 2 bridgehead atoms. The number of carbonyl (C=O) groups excluding carboxylic acids is 3. The molecule has 1 aromatic carbocycles. The van der Waals surface area contributed by atoms with Crippen LogP contribution in [0.25, 0.3) is 0 Å². The Balaban J connectivity index is 1.42. The molecule has 1 heterocycles. The van der Waals surface area contributed by atoms with Crippen molar-refractivity contribution in [2.24, 2.45) is 23.7 Å². The number of esters is 1. The van der Waals surface area contributed by atoms with E-state index < -0.39 is 0 Å². The average molecular weight is 527 g/mol. The number of halogens is 2. The fourth-order valence-corrected chi connectivity index (χ4v) is 7.02. The molecule has 7 heteroatoms. The van der Waals surface area contributed by atoms with Gasteiger partial charge in [0.15, 0.2) is 0 Å². The molecule has 0 N–H and O–H groups in total. The van der Waals surface area contributed by atoms with Crippen LogP contribution in [0.15, 0.2) is 24.3 Å². The highest BCUT2D eigenvalue weighted by molar-refractivity contribution is 9.12. The molecular weight excluding hydrogens is 502 g/mol. The molecule has 2 saturated carbocycles. The number of amides is 2. The summed E-state index contributed by atoms with van der Waals surface area (Å²) in [6, 6.07) is 6.69. The molecule has 4 rings (SSSR count). The Hall–Kier alpha value is -1.21. The van der Waals surface area contributed by atoms with Crippen molar-refractivity contribution in [3.8, 4) is 5.75 Å². The lowest BCUT2D eigenvalue weighted by Crippen LogP contribution is -2.37. The van der Waals surface area contributed by atoms with Crippen molar-refractivity contribution in [3.05, 3.63) is 24.3 Å². The van der Waals surface area contributed by atoms with Gasteiger partial charge in [0.05, 0.1) is 17.5 Å². The van der Waals surface area contributed by atoms with Crippen LogP contribution >= 0.6 is 31.9 Å². The average Bonchev–Trinajstić information content (AvgIpc) is 3.31. The molecule has 156 valence electrons. The summed E-state index contributed by atoms with van der Waals surface area (Å²) in [5.41, 5.74) is 0.550. The number of carbonyl (C=O) groups is 3. The van der Waals surface area contributed by atoms with Gasteiger partial charge < -0.3 is 4.74 Å². The third-order valence-corrected chi connectivity index (χ3v) is 9.75. The van der Waals surface area contributed by atoms with E-state index in [1.807, 2.05) is 0 Å². The maximum Gasteiger partial charge on any atom is 0.311 e. The highest BCUT2D eigenvalue weighted by Crippen LogP contribution is 2.60. The molecule has 0 spiro atoms. The van der Waals surface area contributed by atoms with Crippen LogP contribution in [-0.4, -0.2) is 27.4 Å². The topological polar surface area (TPSA) is 63.7 Å². The Kier molecular flexibility index (Phi) is 6.17. The Morgan fingerprint density at radius 1 is 1.00 bits per heavy atom. The van der Waals surface area contributed by atoms with Gasteiger partial charge in [-0.05, 0) is 48.9 Å². The van der Waals surface area contributed by atoms with Gasteiger partial charge in [0.2, 0.25) is 11.8 Å². The molecular formula is C22H25Br2NO4. The maximum absolute atomic E-state index is 13.1. The highest BCUT2D eigenvalue weighted by atomic mass is 79.9. The van der Waals surface area contributed by atoms with Gasteiger partial charge in [0, 0.05) is 16.1 Å². The summed E-state index contributed by atoms with van der Waals surface area (Å²) in [6.45, 7) is 2.13.